The summed E-state index contributed by atoms with van der Waals surface area (Å²) in [7, 11) is -11.7. The standard InChI is InChI=1S/C13H15F3IO3S.CHF3O3S/c1-3-6-11(20-21(18,19)13(14,15)16)9-17-12-8-5-4-7-10(12)2;2-1(3,4)8(5,6)7/h4-5,7-9H,3,6H2,1-2H3;(H,5,6,7)/q+1;/p-1/b11-9+;. The molecule has 1 aromatic carbocycles. The maximum absolute atomic E-state index is 12.3. The molecule has 15 heteroatoms. The Morgan fingerprint density at radius 1 is 1.07 bits per heavy atom. The summed E-state index contributed by atoms with van der Waals surface area (Å²) in [4.78, 5) is 0. The van der Waals surface area contributed by atoms with Crippen LogP contribution in [0.3, 0.4) is 0 Å². The molecule has 6 nitrogen and oxygen atoms in total. The fourth-order valence-electron chi connectivity index (χ4n) is 1.34. The third-order valence-electron chi connectivity index (χ3n) is 2.65. The van der Waals surface area contributed by atoms with Gasteiger partial charge in [-0.2, -0.15) is 34.8 Å². The second-order valence-electron chi connectivity index (χ2n) is 5.07. The van der Waals surface area contributed by atoms with Crippen molar-refractivity contribution in [2.75, 3.05) is 0 Å². The molecule has 0 heterocycles. The highest BCUT2D eigenvalue weighted by Crippen LogP contribution is 2.27. The smallest absolute Gasteiger partial charge is 0.534 e. The molecule has 0 aromatic heterocycles. The van der Waals surface area contributed by atoms with E-state index in [0.717, 1.165) is 9.13 Å². The first-order chi connectivity index (χ1) is 12.9. The van der Waals surface area contributed by atoms with Crippen molar-refractivity contribution in [1.29, 1.82) is 0 Å². The van der Waals surface area contributed by atoms with Crippen molar-refractivity contribution in [2.24, 2.45) is 0 Å². The van der Waals surface area contributed by atoms with E-state index in [1.54, 1.807) is 6.92 Å². The zero-order chi connectivity index (χ0) is 23.1. The van der Waals surface area contributed by atoms with Crippen molar-refractivity contribution in [3.05, 3.63) is 43.2 Å². The summed E-state index contributed by atoms with van der Waals surface area (Å²) in [5, 5.41) is 0. The highest BCUT2D eigenvalue weighted by molar-refractivity contribution is 7.87. The van der Waals surface area contributed by atoms with E-state index >= 15 is 0 Å². The molecule has 1 aromatic rings. The number of aryl methyl sites for hydroxylation is 1. The van der Waals surface area contributed by atoms with Gasteiger partial charge in [-0.05, 0) is 19.4 Å². The second-order valence-corrected chi connectivity index (χ2v) is 10.4. The SMILES string of the molecule is CCC/C(=C\[I+]c1ccccc1C)OS(=O)(=O)C(F)(F)F.O=S(=O)([O-])C(F)(F)F. The molecule has 0 bridgehead atoms. The monoisotopic (exact) mass is 584 g/mol. The van der Waals surface area contributed by atoms with Crippen LogP contribution in [0.1, 0.15) is 25.3 Å². The summed E-state index contributed by atoms with van der Waals surface area (Å²) in [5.41, 5.74) is -10.0. The van der Waals surface area contributed by atoms with E-state index in [4.69, 9.17) is 13.0 Å². The van der Waals surface area contributed by atoms with Crippen LogP contribution in [0.5, 0.6) is 0 Å². The number of benzene rings is 1. The van der Waals surface area contributed by atoms with Crippen LogP contribution in [0.2, 0.25) is 0 Å². The molecule has 0 radical (unpaired) electrons. The fourth-order valence-corrected chi connectivity index (χ4v) is 4.23. The van der Waals surface area contributed by atoms with Gasteiger partial charge in [-0.3, -0.25) is 0 Å². The van der Waals surface area contributed by atoms with E-state index in [9.17, 15) is 34.8 Å². The summed E-state index contributed by atoms with van der Waals surface area (Å²) in [6.07, 6.45) is 0.650. The molecule has 0 saturated carbocycles. The lowest BCUT2D eigenvalue weighted by atomic mass is 10.2. The van der Waals surface area contributed by atoms with Crippen molar-refractivity contribution < 1.29 is 73.1 Å². The third kappa shape index (κ3) is 9.99. The zero-order valence-electron chi connectivity index (χ0n) is 14.7. The molecule has 0 aliphatic rings. The normalized spacial score (nSPS) is 13.5. The topological polar surface area (TPSA) is 101 Å². The van der Waals surface area contributed by atoms with Gasteiger partial charge >= 0.3 is 42.3 Å². The average molecular weight is 584 g/mol. The van der Waals surface area contributed by atoms with Gasteiger partial charge in [0.25, 0.3) is 0 Å². The van der Waals surface area contributed by atoms with Gasteiger partial charge in [0.1, 0.15) is 0 Å². The van der Waals surface area contributed by atoms with Crippen LogP contribution in [0.25, 0.3) is 0 Å². The largest absolute Gasteiger partial charge is 0.741 e. The molecule has 29 heavy (non-hydrogen) atoms. The lowest BCUT2D eigenvalue weighted by molar-refractivity contribution is -0.559. The van der Waals surface area contributed by atoms with Crippen LogP contribution in [-0.2, 0) is 24.4 Å². The number of rotatable bonds is 6. The summed E-state index contributed by atoms with van der Waals surface area (Å²) < 4.78 is 125. The number of hydrogen-bond donors (Lipinski definition) is 0. The van der Waals surface area contributed by atoms with Crippen molar-refractivity contribution >= 4 is 20.2 Å². The Morgan fingerprint density at radius 3 is 1.93 bits per heavy atom. The van der Waals surface area contributed by atoms with Crippen LogP contribution >= 0.6 is 0 Å². The molecule has 0 N–H and O–H groups in total. The molecule has 0 atom stereocenters. The van der Waals surface area contributed by atoms with E-state index in [1.165, 1.54) is 4.08 Å². The molecule has 0 amide bonds. The molecule has 0 unspecified atom stereocenters. The predicted molar refractivity (Wildman–Crippen MR) is 84.7 cm³/mol. The first-order valence-corrected chi connectivity index (χ1v) is 12.5. The van der Waals surface area contributed by atoms with Crippen LogP contribution in [0, 0.1) is 10.5 Å². The number of hydrogen-bond acceptors (Lipinski definition) is 6. The van der Waals surface area contributed by atoms with Gasteiger partial charge in [-0.15, -0.1) is 0 Å². The lowest BCUT2D eigenvalue weighted by Crippen LogP contribution is -3.59. The summed E-state index contributed by atoms with van der Waals surface area (Å²) >= 11 is -0.758. The Morgan fingerprint density at radius 2 is 1.55 bits per heavy atom. The van der Waals surface area contributed by atoms with Gasteiger partial charge in [-0.1, -0.05) is 25.1 Å². The highest BCUT2D eigenvalue weighted by Gasteiger charge is 2.49. The molecule has 0 saturated heterocycles. The first kappa shape index (κ1) is 27.9. The molecule has 0 aliphatic carbocycles. The molecular weight excluding hydrogens is 569 g/mol. The Balaban J connectivity index is 0.000000828. The second kappa shape index (κ2) is 10.8. The number of allylic oxidation sites excluding steroid dienone is 1. The zero-order valence-corrected chi connectivity index (χ0v) is 18.5. The van der Waals surface area contributed by atoms with Gasteiger partial charge < -0.3 is 8.74 Å². The summed E-state index contributed by atoms with van der Waals surface area (Å²) in [6.45, 7) is 3.64. The van der Waals surface area contributed by atoms with Crippen molar-refractivity contribution in [1.82, 2.24) is 0 Å². The van der Waals surface area contributed by atoms with E-state index < -0.39 is 52.5 Å². The Bertz CT molecular complexity index is 907. The van der Waals surface area contributed by atoms with Crippen molar-refractivity contribution in [3.63, 3.8) is 0 Å². The van der Waals surface area contributed by atoms with Gasteiger partial charge in [0.05, 0.1) is 0 Å². The van der Waals surface area contributed by atoms with Crippen molar-refractivity contribution in [2.45, 2.75) is 37.7 Å². The van der Waals surface area contributed by atoms with E-state index in [-0.39, 0.29) is 12.2 Å². The van der Waals surface area contributed by atoms with Crippen LogP contribution in [0.15, 0.2) is 34.1 Å². The first-order valence-electron chi connectivity index (χ1n) is 7.33. The van der Waals surface area contributed by atoms with E-state index in [1.807, 2.05) is 31.2 Å². The van der Waals surface area contributed by atoms with Gasteiger partial charge in [-0.25, -0.2) is 8.42 Å². The maximum Gasteiger partial charge on any atom is 0.534 e. The number of halogens is 7. The molecule has 0 spiro atoms. The Labute approximate surface area is 174 Å². The van der Waals surface area contributed by atoms with Crippen LogP contribution in [-0.4, -0.2) is 32.4 Å². The molecule has 1 rings (SSSR count). The molecule has 168 valence electrons. The van der Waals surface area contributed by atoms with E-state index in [2.05, 4.69) is 4.18 Å². The summed E-state index contributed by atoms with van der Waals surface area (Å²) in [5.74, 6) is -0.133. The average Bonchev–Trinajstić information content (AvgIpc) is 2.51. The van der Waals surface area contributed by atoms with Gasteiger partial charge in [0, 0.05) is 12.0 Å². The van der Waals surface area contributed by atoms with Gasteiger partial charge in [0.2, 0.25) is 0 Å². The number of alkyl halides is 6. The highest BCUT2D eigenvalue weighted by atomic mass is 127. The Hall–Kier alpha value is -1.07. The Kier molecular flexibility index (Phi) is 10.4. The van der Waals surface area contributed by atoms with Crippen molar-refractivity contribution in [3.8, 4) is 0 Å². The maximum atomic E-state index is 12.3. The third-order valence-corrected chi connectivity index (χ3v) is 7.11. The lowest BCUT2D eigenvalue weighted by Gasteiger charge is -2.09. The van der Waals surface area contributed by atoms with E-state index in [0.29, 0.717) is 6.42 Å². The molecular formula is C14H15F6IO6S2. The minimum atomic E-state index is -6.09. The van der Waals surface area contributed by atoms with Crippen LogP contribution < -0.4 is 21.2 Å². The quantitative estimate of drug-likeness (QED) is 0.123. The van der Waals surface area contributed by atoms with Gasteiger partial charge in [0.15, 0.2) is 23.5 Å². The molecule has 0 fully saturated rings. The van der Waals surface area contributed by atoms with Crippen LogP contribution in [0.4, 0.5) is 26.3 Å². The fraction of sp³-hybridized carbons (Fsp3) is 0.429. The summed E-state index contributed by atoms with van der Waals surface area (Å²) in [6, 6.07) is 7.48. The molecule has 0 aliphatic heterocycles. The minimum Gasteiger partial charge on any atom is -0.741 e. The predicted octanol–water partition coefficient (Wildman–Crippen LogP) is 0.813. The minimum absolute atomic E-state index is 0.133.